The Kier molecular flexibility index (Phi) is 10.6. The number of hydrogen-bond donors (Lipinski definition) is 2. The van der Waals surface area contributed by atoms with Crippen LogP contribution in [0.25, 0.3) is 0 Å². The molecule has 1 amide bonds. The maximum atomic E-state index is 13.6. The number of carbonyl (C=O) groups is 1. The van der Waals surface area contributed by atoms with Gasteiger partial charge in [-0.05, 0) is 114 Å². The number of aromatic nitrogens is 1. The Balaban J connectivity index is 1.92. The lowest BCUT2D eigenvalue weighted by atomic mass is 9.86. The van der Waals surface area contributed by atoms with Crippen LogP contribution in [-0.2, 0) is 6.54 Å². The van der Waals surface area contributed by atoms with Crippen LogP contribution < -0.4 is 15.8 Å². The fraction of sp³-hybridized carbons (Fsp3) is 0.625. The molecule has 6 nitrogen and oxygen atoms in total. The van der Waals surface area contributed by atoms with Crippen molar-refractivity contribution in [1.29, 1.82) is 0 Å². The molecule has 1 aromatic carbocycles. The van der Waals surface area contributed by atoms with Crippen molar-refractivity contribution in [2.45, 2.75) is 98.1 Å². The SMILES string of the molecule is CCC(CCC(C)CN(C)C)c1cc(C(=O)NCc2c(C)cc(C)[nH]c2=O)c(C)c(N(C)C2CCCC2)c1. The predicted molar refractivity (Wildman–Crippen MR) is 160 cm³/mol. The van der Waals surface area contributed by atoms with Crippen LogP contribution in [0.4, 0.5) is 5.69 Å². The van der Waals surface area contributed by atoms with Gasteiger partial charge in [0.25, 0.3) is 11.5 Å². The lowest BCUT2D eigenvalue weighted by Gasteiger charge is -2.31. The molecule has 2 N–H and O–H groups in total. The zero-order valence-corrected chi connectivity index (χ0v) is 25.0. The number of anilines is 1. The number of rotatable bonds is 12. The van der Waals surface area contributed by atoms with Gasteiger partial charge in [-0.25, -0.2) is 0 Å². The Labute approximate surface area is 230 Å². The molecule has 3 rings (SSSR count). The van der Waals surface area contributed by atoms with E-state index >= 15 is 0 Å². The fourth-order valence-corrected chi connectivity index (χ4v) is 6.22. The van der Waals surface area contributed by atoms with Crippen LogP contribution in [0.3, 0.4) is 0 Å². The van der Waals surface area contributed by atoms with Crippen molar-refractivity contribution in [3.63, 3.8) is 0 Å². The van der Waals surface area contributed by atoms with Crippen molar-refractivity contribution in [1.82, 2.24) is 15.2 Å². The van der Waals surface area contributed by atoms with Crippen LogP contribution in [0.5, 0.6) is 0 Å². The van der Waals surface area contributed by atoms with Crippen LogP contribution in [0.1, 0.15) is 103 Å². The van der Waals surface area contributed by atoms with Crippen LogP contribution in [0, 0.1) is 26.7 Å². The first-order valence-corrected chi connectivity index (χ1v) is 14.5. The molecule has 0 spiro atoms. The zero-order valence-electron chi connectivity index (χ0n) is 25.0. The van der Waals surface area contributed by atoms with E-state index in [4.69, 9.17) is 0 Å². The molecule has 6 heteroatoms. The minimum atomic E-state index is -0.132. The van der Waals surface area contributed by atoms with Crippen molar-refractivity contribution in [2.24, 2.45) is 5.92 Å². The third-order valence-corrected chi connectivity index (χ3v) is 8.47. The van der Waals surface area contributed by atoms with Gasteiger partial charge in [0.2, 0.25) is 0 Å². The molecule has 38 heavy (non-hydrogen) atoms. The number of aryl methyl sites for hydroxylation is 2. The molecule has 1 saturated carbocycles. The van der Waals surface area contributed by atoms with Gasteiger partial charge in [0.05, 0.1) is 0 Å². The summed E-state index contributed by atoms with van der Waals surface area (Å²) in [4.78, 5) is 33.7. The second-order valence-corrected chi connectivity index (χ2v) is 11.9. The highest BCUT2D eigenvalue weighted by atomic mass is 16.1. The Morgan fingerprint density at radius 3 is 2.37 bits per heavy atom. The van der Waals surface area contributed by atoms with Crippen LogP contribution in [0.2, 0.25) is 0 Å². The summed E-state index contributed by atoms with van der Waals surface area (Å²) in [5.74, 6) is 0.925. The smallest absolute Gasteiger partial charge is 0.253 e. The van der Waals surface area contributed by atoms with E-state index in [0.29, 0.717) is 23.4 Å². The highest BCUT2D eigenvalue weighted by molar-refractivity contribution is 5.97. The molecule has 210 valence electrons. The Bertz CT molecular complexity index is 1150. The van der Waals surface area contributed by atoms with E-state index in [1.807, 2.05) is 19.9 Å². The topological polar surface area (TPSA) is 68.4 Å². The van der Waals surface area contributed by atoms with Gasteiger partial charge in [0.15, 0.2) is 0 Å². The lowest BCUT2D eigenvalue weighted by molar-refractivity contribution is 0.0950. The number of aromatic amines is 1. The highest BCUT2D eigenvalue weighted by Crippen LogP contribution is 2.36. The third kappa shape index (κ3) is 7.49. The normalized spacial score (nSPS) is 15.6. The summed E-state index contributed by atoms with van der Waals surface area (Å²) in [6.07, 6.45) is 8.27. The number of benzene rings is 1. The molecular formula is C32H50N4O2. The maximum Gasteiger partial charge on any atom is 0.253 e. The van der Waals surface area contributed by atoms with Crippen molar-refractivity contribution in [3.8, 4) is 0 Å². The van der Waals surface area contributed by atoms with E-state index in [-0.39, 0.29) is 18.0 Å². The van der Waals surface area contributed by atoms with Gasteiger partial charge in [-0.2, -0.15) is 0 Å². The molecule has 2 unspecified atom stereocenters. The molecule has 0 bridgehead atoms. The molecule has 2 atom stereocenters. The van der Waals surface area contributed by atoms with Crippen molar-refractivity contribution in [2.75, 3.05) is 32.6 Å². The van der Waals surface area contributed by atoms with Crippen molar-refractivity contribution < 1.29 is 4.79 Å². The Morgan fingerprint density at radius 2 is 1.76 bits per heavy atom. The van der Waals surface area contributed by atoms with Gasteiger partial charge in [0.1, 0.15) is 0 Å². The monoisotopic (exact) mass is 522 g/mol. The standard InChI is InChI=1S/C32H50N4O2/c1-9-25(15-14-21(2)20-35(6)7)26-17-28(24(5)30(18-26)36(8)27-12-10-11-13-27)31(37)33-19-29-22(3)16-23(4)34-32(29)38/h16-18,21,25,27H,9-15,19-20H2,1-8H3,(H,33,37)(H,34,38). The summed E-state index contributed by atoms with van der Waals surface area (Å²) >= 11 is 0. The predicted octanol–water partition coefficient (Wildman–Crippen LogP) is 6.08. The van der Waals surface area contributed by atoms with Gasteiger partial charge >= 0.3 is 0 Å². The van der Waals surface area contributed by atoms with E-state index in [2.05, 4.69) is 74.1 Å². The average molecular weight is 523 g/mol. The number of nitrogens with zero attached hydrogens (tertiary/aromatic N) is 2. The fourth-order valence-electron chi connectivity index (χ4n) is 6.22. The maximum absolute atomic E-state index is 13.6. The number of nitrogens with one attached hydrogen (secondary N) is 2. The minimum absolute atomic E-state index is 0.111. The number of carbonyl (C=O) groups excluding carboxylic acids is 1. The zero-order chi connectivity index (χ0) is 28.0. The summed E-state index contributed by atoms with van der Waals surface area (Å²) in [5, 5.41) is 3.07. The summed E-state index contributed by atoms with van der Waals surface area (Å²) in [6, 6.07) is 6.94. The van der Waals surface area contributed by atoms with Crippen molar-refractivity contribution >= 4 is 11.6 Å². The number of pyridine rings is 1. The van der Waals surface area contributed by atoms with Gasteiger partial charge in [0, 0.05) is 48.7 Å². The largest absolute Gasteiger partial charge is 0.371 e. The summed E-state index contributed by atoms with van der Waals surface area (Å²) in [5.41, 5.74) is 6.38. The van der Waals surface area contributed by atoms with E-state index in [1.165, 1.54) is 36.9 Å². The van der Waals surface area contributed by atoms with E-state index in [1.54, 1.807) is 0 Å². The van der Waals surface area contributed by atoms with E-state index < -0.39 is 0 Å². The first-order valence-electron chi connectivity index (χ1n) is 14.5. The first kappa shape index (κ1) is 29.9. The molecule has 1 aliphatic rings. The molecule has 1 aliphatic carbocycles. The second kappa shape index (κ2) is 13.5. The summed E-state index contributed by atoms with van der Waals surface area (Å²) < 4.78 is 0. The lowest BCUT2D eigenvalue weighted by Crippen LogP contribution is -2.32. The van der Waals surface area contributed by atoms with Gasteiger partial charge in [-0.3, -0.25) is 9.59 Å². The van der Waals surface area contributed by atoms with E-state index in [9.17, 15) is 9.59 Å². The van der Waals surface area contributed by atoms with Gasteiger partial charge in [-0.1, -0.05) is 26.7 Å². The van der Waals surface area contributed by atoms with Crippen LogP contribution in [0.15, 0.2) is 23.0 Å². The number of amides is 1. The molecule has 2 aromatic rings. The average Bonchev–Trinajstić information content (AvgIpc) is 3.38. The Hall–Kier alpha value is -2.60. The van der Waals surface area contributed by atoms with Crippen LogP contribution >= 0.6 is 0 Å². The molecular weight excluding hydrogens is 472 g/mol. The molecule has 0 radical (unpaired) electrons. The van der Waals surface area contributed by atoms with Gasteiger partial charge < -0.3 is 20.1 Å². The molecule has 0 saturated heterocycles. The third-order valence-electron chi connectivity index (χ3n) is 8.47. The number of H-pyrrole nitrogens is 1. The molecule has 0 aliphatic heterocycles. The molecule has 1 fully saturated rings. The highest BCUT2D eigenvalue weighted by Gasteiger charge is 2.25. The van der Waals surface area contributed by atoms with Gasteiger partial charge in [-0.15, -0.1) is 0 Å². The summed E-state index contributed by atoms with van der Waals surface area (Å²) in [6.45, 7) is 11.8. The second-order valence-electron chi connectivity index (χ2n) is 11.9. The molecule has 1 heterocycles. The van der Waals surface area contributed by atoms with Crippen molar-refractivity contribution in [3.05, 3.63) is 62.1 Å². The summed E-state index contributed by atoms with van der Waals surface area (Å²) in [7, 11) is 6.46. The first-order chi connectivity index (χ1) is 18.0. The quantitative estimate of drug-likeness (QED) is 0.354. The minimum Gasteiger partial charge on any atom is -0.371 e. The molecule has 1 aromatic heterocycles. The number of hydrogen-bond acceptors (Lipinski definition) is 4. The van der Waals surface area contributed by atoms with Crippen LogP contribution in [-0.4, -0.2) is 49.5 Å². The Morgan fingerprint density at radius 1 is 1.08 bits per heavy atom. The van der Waals surface area contributed by atoms with E-state index in [0.717, 1.165) is 48.2 Å².